The summed E-state index contributed by atoms with van der Waals surface area (Å²) in [5, 5.41) is 0. The highest BCUT2D eigenvalue weighted by atomic mass is 14.1. The van der Waals surface area contributed by atoms with Gasteiger partial charge in [-0.05, 0) is 84.0 Å². The van der Waals surface area contributed by atoms with Gasteiger partial charge >= 0.3 is 0 Å². The molecule has 0 saturated heterocycles. The SMILES string of the molecule is CC(C)=CCC/C(C)=C/CCC(C)(C)C.CC(C)=CCCC(C)(C)C. The van der Waals surface area contributed by atoms with E-state index in [0.29, 0.717) is 10.8 Å². The zero-order valence-electron chi connectivity index (χ0n) is 19.5. The largest absolute Gasteiger partial charge is 0.0859 e. The average Bonchev–Trinajstić information content (AvgIpc) is 2.35. The van der Waals surface area contributed by atoms with Crippen molar-refractivity contribution in [2.75, 3.05) is 0 Å². The molecule has 0 radical (unpaired) electrons. The maximum atomic E-state index is 2.41. The van der Waals surface area contributed by atoms with Crippen LogP contribution in [0.5, 0.6) is 0 Å². The molecule has 0 aliphatic heterocycles. The molecule has 0 heteroatoms. The molecule has 148 valence electrons. The van der Waals surface area contributed by atoms with Gasteiger partial charge in [0.25, 0.3) is 0 Å². The zero-order chi connectivity index (χ0) is 20.1. The molecule has 0 aromatic rings. The molecule has 25 heavy (non-hydrogen) atoms. The maximum Gasteiger partial charge on any atom is -0.0288 e. The topological polar surface area (TPSA) is 0 Å². The Labute approximate surface area is 160 Å². The Hall–Kier alpha value is -0.780. The van der Waals surface area contributed by atoms with E-state index in [1.165, 1.54) is 55.2 Å². The Morgan fingerprint density at radius 2 is 0.920 bits per heavy atom. The minimum atomic E-state index is 0.469. The third kappa shape index (κ3) is 28.3. The number of hydrogen-bond donors (Lipinski definition) is 0. The molecule has 0 nitrogen and oxygen atoms in total. The Balaban J connectivity index is 0. The lowest BCUT2D eigenvalue weighted by Gasteiger charge is -2.16. The molecule has 0 N–H and O–H groups in total. The first kappa shape index (κ1) is 26.4. The molecule has 0 aromatic carbocycles. The van der Waals surface area contributed by atoms with Gasteiger partial charge in [0.05, 0.1) is 0 Å². The predicted molar refractivity (Wildman–Crippen MR) is 119 cm³/mol. The fourth-order valence-electron chi connectivity index (χ4n) is 2.24. The van der Waals surface area contributed by atoms with E-state index in [0.717, 1.165) is 0 Å². The van der Waals surface area contributed by atoms with E-state index < -0.39 is 0 Å². The van der Waals surface area contributed by atoms with Crippen LogP contribution in [0.15, 0.2) is 34.9 Å². The van der Waals surface area contributed by atoms with Crippen molar-refractivity contribution in [2.24, 2.45) is 10.8 Å². The van der Waals surface area contributed by atoms with Crippen molar-refractivity contribution in [1.29, 1.82) is 0 Å². The van der Waals surface area contributed by atoms with Crippen LogP contribution < -0.4 is 0 Å². The Bertz CT molecular complexity index is 408. The van der Waals surface area contributed by atoms with Crippen LogP contribution in [0.1, 0.15) is 115 Å². The van der Waals surface area contributed by atoms with Gasteiger partial charge in [-0.25, -0.2) is 0 Å². The molecule has 0 unspecified atom stereocenters. The Morgan fingerprint density at radius 3 is 1.28 bits per heavy atom. The summed E-state index contributed by atoms with van der Waals surface area (Å²) in [7, 11) is 0. The zero-order valence-corrected chi connectivity index (χ0v) is 19.5. The van der Waals surface area contributed by atoms with Crippen LogP contribution in [0.3, 0.4) is 0 Å². The minimum absolute atomic E-state index is 0.469. The third-order valence-corrected chi connectivity index (χ3v) is 3.93. The van der Waals surface area contributed by atoms with Crippen LogP contribution in [0.4, 0.5) is 0 Å². The molecule has 0 aliphatic rings. The van der Waals surface area contributed by atoms with Crippen molar-refractivity contribution in [3.05, 3.63) is 34.9 Å². The first-order valence-corrected chi connectivity index (χ1v) is 10.2. The van der Waals surface area contributed by atoms with Crippen LogP contribution in [0.2, 0.25) is 0 Å². The van der Waals surface area contributed by atoms with Crippen molar-refractivity contribution >= 4 is 0 Å². The van der Waals surface area contributed by atoms with Gasteiger partial charge in [-0.2, -0.15) is 0 Å². The summed E-state index contributed by atoms with van der Waals surface area (Å²) in [5.74, 6) is 0. The van der Waals surface area contributed by atoms with Gasteiger partial charge < -0.3 is 0 Å². The van der Waals surface area contributed by atoms with Crippen LogP contribution in [0, 0.1) is 10.8 Å². The normalized spacial score (nSPS) is 12.2. The highest BCUT2D eigenvalue weighted by molar-refractivity contribution is 5.02. The van der Waals surface area contributed by atoms with E-state index in [4.69, 9.17) is 0 Å². The second kappa shape index (κ2) is 13.4. The molecule has 0 amide bonds. The van der Waals surface area contributed by atoms with Crippen molar-refractivity contribution in [2.45, 2.75) is 115 Å². The average molecular weight is 349 g/mol. The van der Waals surface area contributed by atoms with Crippen molar-refractivity contribution < 1.29 is 0 Å². The Morgan fingerprint density at radius 1 is 0.560 bits per heavy atom. The van der Waals surface area contributed by atoms with E-state index in [2.05, 4.69) is 94.4 Å². The fourth-order valence-corrected chi connectivity index (χ4v) is 2.24. The van der Waals surface area contributed by atoms with Crippen molar-refractivity contribution in [3.8, 4) is 0 Å². The molecule has 0 atom stereocenters. The van der Waals surface area contributed by atoms with Crippen molar-refractivity contribution in [3.63, 3.8) is 0 Å². The molecule has 0 aromatic heterocycles. The summed E-state index contributed by atoms with van der Waals surface area (Å²) < 4.78 is 0. The van der Waals surface area contributed by atoms with Gasteiger partial charge in [0.2, 0.25) is 0 Å². The van der Waals surface area contributed by atoms with E-state index in [9.17, 15) is 0 Å². The minimum Gasteiger partial charge on any atom is -0.0859 e. The molecule has 0 aliphatic carbocycles. The summed E-state index contributed by atoms with van der Waals surface area (Å²) in [6.45, 7) is 24.7. The van der Waals surface area contributed by atoms with Gasteiger partial charge in [-0.3, -0.25) is 0 Å². The van der Waals surface area contributed by atoms with E-state index in [1.807, 2.05) is 0 Å². The highest BCUT2D eigenvalue weighted by Crippen LogP contribution is 2.22. The number of hydrogen-bond acceptors (Lipinski definition) is 0. The smallest absolute Gasteiger partial charge is 0.0288 e. The number of rotatable bonds is 7. The molecule has 0 bridgehead atoms. The van der Waals surface area contributed by atoms with Crippen molar-refractivity contribution in [1.82, 2.24) is 0 Å². The molecular formula is C25H48. The van der Waals surface area contributed by atoms with Crippen LogP contribution in [-0.4, -0.2) is 0 Å². The lowest BCUT2D eigenvalue weighted by molar-refractivity contribution is 0.381. The number of allylic oxidation sites excluding steroid dienone is 6. The molecule has 0 saturated carbocycles. The van der Waals surface area contributed by atoms with Crippen LogP contribution in [0.25, 0.3) is 0 Å². The predicted octanol–water partition coefficient (Wildman–Crippen LogP) is 9.28. The first-order chi connectivity index (χ1) is 11.2. The van der Waals surface area contributed by atoms with Gasteiger partial charge in [-0.1, -0.05) is 76.5 Å². The monoisotopic (exact) mass is 348 g/mol. The summed E-state index contributed by atoms with van der Waals surface area (Å²) in [6.07, 6.45) is 14.5. The summed E-state index contributed by atoms with van der Waals surface area (Å²) >= 11 is 0. The summed E-state index contributed by atoms with van der Waals surface area (Å²) in [4.78, 5) is 0. The summed E-state index contributed by atoms with van der Waals surface area (Å²) in [5.41, 5.74) is 5.36. The fraction of sp³-hybridized carbons (Fsp3) is 0.760. The second-order valence-corrected chi connectivity index (χ2v) is 10.4. The lowest BCUT2D eigenvalue weighted by Crippen LogP contribution is -2.03. The maximum absolute atomic E-state index is 2.41. The molecule has 0 fully saturated rings. The van der Waals surface area contributed by atoms with Gasteiger partial charge in [0, 0.05) is 0 Å². The quantitative estimate of drug-likeness (QED) is 0.402. The van der Waals surface area contributed by atoms with Crippen LogP contribution >= 0.6 is 0 Å². The lowest BCUT2D eigenvalue weighted by atomic mass is 9.90. The molecule has 0 spiro atoms. The Kier molecular flexibility index (Phi) is 14.2. The second-order valence-electron chi connectivity index (χ2n) is 10.4. The van der Waals surface area contributed by atoms with E-state index in [1.54, 1.807) is 0 Å². The highest BCUT2D eigenvalue weighted by Gasteiger charge is 2.08. The van der Waals surface area contributed by atoms with Gasteiger partial charge in [0.15, 0.2) is 0 Å². The third-order valence-electron chi connectivity index (χ3n) is 3.93. The molecule has 0 rings (SSSR count). The molecule has 0 heterocycles. The summed E-state index contributed by atoms with van der Waals surface area (Å²) in [6, 6.07) is 0. The van der Waals surface area contributed by atoms with Gasteiger partial charge in [0.1, 0.15) is 0 Å². The van der Waals surface area contributed by atoms with Crippen LogP contribution in [-0.2, 0) is 0 Å². The first-order valence-electron chi connectivity index (χ1n) is 10.2. The van der Waals surface area contributed by atoms with E-state index in [-0.39, 0.29) is 0 Å². The van der Waals surface area contributed by atoms with E-state index >= 15 is 0 Å². The van der Waals surface area contributed by atoms with Gasteiger partial charge in [-0.15, -0.1) is 0 Å². The standard InChI is InChI=1S/C15H28.C10H20/c1-13(2)9-7-10-14(3)11-8-12-15(4,5)6;1-9(2)7-6-8-10(3,4)5/h9,11H,7-8,10,12H2,1-6H3;7H,6,8H2,1-5H3/b14-11+;. The molecular weight excluding hydrogens is 300 g/mol.